The third-order valence-electron chi connectivity index (χ3n) is 5.24. The number of furan rings is 1. The van der Waals surface area contributed by atoms with Gasteiger partial charge in [-0.15, -0.1) is 0 Å². The van der Waals surface area contributed by atoms with Gasteiger partial charge in [0.1, 0.15) is 29.9 Å². The van der Waals surface area contributed by atoms with Gasteiger partial charge in [0.05, 0.1) is 10.5 Å². The van der Waals surface area contributed by atoms with Gasteiger partial charge in [-0.25, -0.2) is 0 Å². The third kappa shape index (κ3) is 4.39. The second-order valence-corrected chi connectivity index (χ2v) is 7.19. The lowest BCUT2D eigenvalue weighted by Crippen LogP contribution is -2.48. The number of nitro benzene ring substituents is 1. The van der Waals surface area contributed by atoms with Crippen LogP contribution in [0.25, 0.3) is 0 Å². The molecule has 0 aliphatic carbocycles. The summed E-state index contributed by atoms with van der Waals surface area (Å²) in [7, 11) is 0. The molecule has 0 radical (unpaired) electrons. The number of nitrogens with zero attached hydrogens (tertiary/aromatic N) is 4. The fraction of sp³-hybridized carbons (Fsp3) is 0.217. The molecule has 0 unspecified atom stereocenters. The van der Waals surface area contributed by atoms with E-state index in [0.717, 1.165) is 0 Å². The van der Waals surface area contributed by atoms with E-state index in [1.165, 1.54) is 6.07 Å². The zero-order valence-corrected chi connectivity index (χ0v) is 17.1. The van der Waals surface area contributed by atoms with Crippen molar-refractivity contribution in [2.24, 2.45) is 0 Å². The Bertz CT molecular complexity index is 1170. The fourth-order valence-corrected chi connectivity index (χ4v) is 3.60. The Hall–Kier alpha value is -4.32. The van der Waals surface area contributed by atoms with Crippen LogP contribution in [0.3, 0.4) is 0 Å². The van der Waals surface area contributed by atoms with Gasteiger partial charge in [0.15, 0.2) is 5.76 Å². The van der Waals surface area contributed by atoms with Gasteiger partial charge in [-0.1, -0.05) is 24.3 Å². The third-order valence-corrected chi connectivity index (χ3v) is 5.24. The minimum Gasteiger partial charge on any atom is -0.484 e. The number of benzene rings is 2. The number of hydrogen-bond acceptors (Lipinski definition) is 7. The first-order chi connectivity index (χ1) is 15.6. The number of piperazine rings is 1. The summed E-state index contributed by atoms with van der Waals surface area (Å²) in [5, 5.41) is 20.4. The molecule has 0 saturated carbocycles. The lowest BCUT2D eigenvalue weighted by molar-refractivity contribution is -0.384. The molecule has 0 N–H and O–H groups in total. The molecule has 1 saturated heterocycles. The quantitative estimate of drug-likeness (QED) is 0.432. The lowest BCUT2D eigenvalue weighted by atomic mass is 10.2. The Morgan fingerprint density at radius 3 is 2.53 bits per heavy atom. The number of carbonyl (C=O) groups excluding carboxylic acids is 1. The van der Waals surface area contributed by atoms with Crippen LogP contribution >= 0.6 is 0 Å². The first-order valence-corrected chi connectivity index (χ1v) is 10.0. The van der Waals surface area contributed by atoms with Gasteiger partial charge in [0.2, 0.25) is 0 Å². The first kappa shape index (κ1) is 20.9. The minimum atomic E-state index is -0.395. The molecule has 1 aromatic heterocycles. The molecule has 4 rings (SSSR count). The largest absolute Gasteiger partial charge is 0.484 e. The molecule has 3 aromatic rings. The Kier molecular flexibility index (Phi) is 6.03. The number of ether oxygens (including phenoxy) is 1. The van der Waals surface area contributed by atoms with Crippen LogP contribution in [0.1, 0.15) is 21.9 Å². The van der Waals surface area contributed by atoms with Crippen LogP contribution in [-0.4, -0.2) is 41.9 Å². The van der Waals surface area contributed by atoms with Crippen LogP contribution in [0, 0.1) is 21.4 Å². The predicted molar refractivity (Wildman–Crippen MR) is 115 cm³/mol. The molecule has 1 fully saturated rings. The molecule has 2 heterocycles. The highest BCUT2D eigenvalue weighted by Gasteiger charge is 2.27. The standard InChI is InChI=1S/C23H20N4O5/c24-15-17-5-1-4-8-21(17)31-16-18-9-10-22(32-18)23(28)26-13-11-25(12-14-26)19-6-2-3-7-20(19)27(29)30/h1-10H,11-14,16H2. The van der Waals surface area contributed by atoms with Crippen LogP contribution in [0.15, 0.2) is 65.1 Å². The van der Waals surface area contributed by atoms with Crippen molar-refractivity contribution in [1.29, 1.82) is 5.26 Å². The van der Waals surface area contributed by atoms with Crippen LogP contribution in [-0.2, 0) is 6.61 Å². The van der Waals surface area contributed by atoms with E-state index in [-0.39, 0.29) is 24.0 Å². The number of amides is 1. The maximum absolute atomic E-state index is 12.8. The van der Waals surface area contributed by atoms with Crippen LogP contribution in [0.2, 0.25) is 0 Å². The second-order valence-electron chi connectivity index (χ2n) is 7.19. The highest BCUT2D eigenvalue weighted by molar-refractivity contribution is 5.91. The van der Waals surface area contributed by atoms with Crippen molar-refractivity contribution in [3.63, 3.8) is 0 Å². The number of nitro groups is 1. The highest BCUT2D eigenvalue weighted by Crippen LogP contribution is 2.28. The van der Waals surface area contributed by atoms with E-state index in [2.05, 4.69) is 6.07 Å². The number of rotatable bonds is 6. The van der Waals surface area contributed by atoms with Gasteiger partial charge in [-0.05, 0) is 30.3 Å². The number of nitriles is 1. The van der Waals surface area contributed by atoms with Crippen LogP contribution in [0.4, 0.5) is 11.4 Å². The van der Waals surface area contributed by atoms with Crippen molar-refractivity contribution in [3.05, 3.63) is 87.9 Å². The SMILES string of the molecule is N#Cc1ccccc1OCc1ccc(C(=O)N2CCN(c3ccccc3[N+](=O)[O-])CC2)o1. The van der Waals surface area contributed by atoms with Crippen molar-refractivity contribution < 1.29 is 18.9 Å². The molecule has 9 nitrogen and oxygen atoms in total. The average Bonchev–Trinajstić information content (AvgIpc) is 3.31. The first-order valence-electron chi connectivity index (χ1n) is 10.0. The molecule has 1 aliphatic heterocycles. The Labute approximate surface area is 184 Å². The summed E-state index contributed by atoms with van der Waals surface area (Å²) in [4.78, 5) is 27.3. The number of anilines is 1. The number of para-hydroxylation sites is 3. The molecular weight excluding hydrogens is 412 g/mol. The molecule has 2 aromatic carbocycles. The van der Waals surface area contributed by atoms with E-state index in [4.69, 9.17) is 14.4 Å². The second kappa shape index (κ2) is 9.22. The highest BCUT2D eigenvalue weighted by atomic mass is 16.6. The Balaban J connectivity index is 1.36. The summed E-state index contributed by atoms with van der Waals surface area (Å²) in [5.74, 6) is 0.886. The molecular formula is C23H20N4O5. The van der Waals surface area contributed by atoms with Crippen LogP contribution in [0.5, 0.6) is 5.75 Å². The zero-order valence-electron chi connectivity index (χ0n) is 17.1. The van der Waals surface area contributed by atoms with Gasteiger partial charge in [0, 0.05) is 32.2 Å². The van der Waals surface area contributed by atoms with Crippen molar-refractivity contribution in [2.45, 2.75) is 6.61 Å². The van der Waals surface area contributed by atoms with E-state index < -0.39 is 4.92 Å². The lowest BCUT2D eigenvalue weighted by Gasteiger charge is -2.35. The summed E-state index contributed by atoms with van der Waals surface area (Å²) >= 11 is 0. The normalized spacial score (nSPS) is 13.5. The average molecular weight is 432 g/mol. The predicted octanol–water partition coefficient (Wildman–Crippen LogP) is 3.60. The topological polar surface area (TPSA) is 113 Å². The van der Waals surface area contributed by atoms with E-state index in [0.29, 0.717) is 48.9 Å². The summed E-state index contributed by atoms with van der Waals surface area (Å²) in [5.41, 5.74) is 1.03. The fourth-order valence-electron chi connectivity index (χ4n) is 3.60. The Morgan fingerprint density at radius 1 is 1.06 bits per heavy atom. The number of carbonyl (C=O) groups is 1. The van der Waals surface area contributed by atoms with Crippen LogP contribution < -0.4 is 9.64 Å². The smallest absolute Gasteiger partial charge is 0.292 e. The van der Waals surface area contributed by atoms with Gasteiger partial charge < -0.3 is 19.0 Å². The van der Waals surface area contributed by atoms with Gasteiger partial charge in [-0.3, -0.25) is 14.9 Å². The zero-order chi connectivity index (χ0) is 22.5. The summed E-state index contributed by atoms with van der Waals surface area (Å²) < 4.78 is 11.3. The van der Waals surface area contributed by atoms with Crippen molar-refractivity contribution in [2.75, 3.05) is 31.1 Å². The molecule has 162 valence electrons. The van der Waals surface area contributed by atoms with E-state index in [1.807, 2.05) is 4.90 Å². The molecule has 9 heteroatoms. The minimum absolute atomic E-state index is 0.0564. The van der Waals surface area contributed by atoms with E-state index >= 15 is 0 Å². The Morgan fingerprint density at radius 2 is 1.78 bits per heavy atom. The maximum atomic E-state index is 12.8. The summed E-state index contributed by atoms with van der Waals surface area (Å²) in [6, 6.07) is 18.8. The van der Waals surface area contributed by atoms with E-state index in [1.54, 1.807) is 59.5 Å². The number of hydrogen-bond donors (Lipinski definition) is 0. The van der Waals surface area contributed by atoms with Gasteiger partial charge >= 0.3 is 0 Å². The van der Waals surface area contributed by atoms with Crippen molar-refractivity contribution in [1.82, 2.24) is 4.90 Å². The maximum Gasteiger partial charge on any atom is 0.292 e. The molecule has 0 bridgehead atoms. The van der Waals surface area contributed by atoms with E-state index in [9.17, 15) is 14.9 Å². The van der Waals surface area contributed by atoms with Gasteiger partial charge in [0.25, 0.3) is 11.6 Å². The monoisotopic (exact) mass is 432 g/mol. The molecule has 1 amide bonds. The summed E-state index contributed by atoms with van der Waals surface area (Å²) in [6.07, 6.45) is 0. The summed E-state index contributed by atoms with van der Waals surface area (Å²) in [6.45, 7) is 1.91. The van der Waals surface area contributed by atoms with Gasteiger partial charge in [-0.2, -0.15) is 5.26 Å². The molecule has 1 aliphatic rings. The van der Waals surface area contributed by atoms with Crippen molar-refractivity contribution >= 4 is 17.3 Å². The molecule has 0 atom stereocenters. The molecule has 0 spiro atoms. The van der Waals surface area contributed by atoms with Crippen molar-refractivity contribution in [3.8, 4) is 11.8 Å². The molecule has 32 heavy (non-hydrogen) atoms.